The van der Waals surface area contributed by atoms with Crippen LogP contribution in [0.2, 0.25) is 10.3 Å². The average Bonchev–Trinajstić information content (AvgIpc) is 2.78. The first-order chi connectivity index (χ1) is 9.97. The molecule has 5 heteroatoms. The molecule has 1 aromatic carbocycles. The van der Waals surface area contributed by atoms with Crippen molar-refractivity contribution in [1.82, 2.24) is 9.97 Å². The van der Waals surface area contributed by atoms with Crippen LogP contribution in [0.3, 0.4) is 0 Å². The molecule has 0 N–H and O–H groups in total. The third kappa shape index (κ3) is 2.60. The number of rotatable bonds is 2. The maximum absolute atomic E-state index is 6.28. The second kappa shape index (κ2) is 5.47. The molecule has 0 bridgehead atoms. The van der Waals surface area contributed by atoms with Crippen LogP contribution in [-0.4, -0.2) is 23.6 Å². The Labute approximate surface area is 134 Å². The van der Waals surface area contributed by atoms with E-state index in [1.54, 1.807) is 0 Å². The first-order valence-electron chi connectivity index (χ1n) is 7.04. The fraction of sp³-hybridized carbons (Fsp3) is 0.375. The summed E-state index contributed by atoms with van der Waals surface area (Å²) < 4.78 is 0. The van der Waals surface area contributed by atoms with Crippen molar-refractivity contribution in [3.63, 3.8) is 0 Å². The number of anilines is 1. The summed E-state index contributed by atoms with van der Waals surface area (Å²) in [6.45, 7) is 5.11. The summed E-state index contributed by atoms with van der Waals surface area (Å²) in [5.41, 5.74) is 4.36. The molecule has 0 unspecified atom stereocenters. The Balaban J connectivity index is 2.06. The van der Waals surface area contributed by atoms with Gasteiger partial charge < -0.3 is 4.90 Å². The second-order valence-corrected chi connectivity index (χ2v) is 6.43. The number of hydrogen-bond donors (Lipinski definition) is 0. The van der Waals surface area contributed by atoms with Gasteiger partial charge in [-0.25, -0.2) is 9.97 Å². The normalized spacial score (nSPS) is 13.9. The second-order valence-electron chi connectivity index (χ2n) is 5.71. The monoisotopic (exact) mass is 321 g/mol. The first kappa shape index (κ1) is 14.6. The van der Waals surface area contributed by atoms with Gasteiger partial charge in [0.2, 0.25) is 0 Å². The standard InChI is InChI=1S/C16H17Cl2N3/c1-9(2)13-14(17)19-16(20-15(13)18)11-4-5-12-10(8-11)6-7-21(12)3/h4-5,8-9H,6-7H2,1-3H3. The average molecular weight is 322 g/mol. The smallest absolute Gasteiger partial charge is 0.162 e. The maximum Gasteiger partial charge on any atom is 0.162 e. The lowest BCUT2D eigenvalue weighted by molar-refractivity contribution is 0.848. The highest BCUT2D eigenvalue weighted by atomic mass is 35.5. The highest BCUT2D eigenvalue weighted by molar-refractivity contribution is 6.34. The molecule has 0 aliphatic carbocycles. The lowest BCUT2D eigenvalue weighted by Gasteiger charge is -2.13. The Bertz CT molecular complexity index is 675. The van der Waals surface area contributed by atoms with Crippen LogP contribution in [0.5, 0.6) is 0 Å². The molecule has 0 radical (unpaired) electrons. The van der Waals surface area contributed by atoms with Crippen molar-refractivity contribution < 1.29 is 0 Å². The Morgan fingerprint density at radius 2 is 1.81 bits per heavy atom. The van der Waals surface area contributed by atoms with Crippen LogP contribution in [0.25, 0.3) is 11.4 Å². The zero-order chi connectivity index (χ0) is 15.1. The molecule has 0 amide bonds. The number of benzene rings is 1. The minimum Gasteiger partial charge on any atom is -0.374 e. The fourth-order valence-corrected chi connectivity index (χ4v) is 3.55. The predicted octanol–water partition coefficient (Wildman–Crippen LogP) is 4.57. The molecule has 110 valence electrons. The van der Waals surface area contributed by atoms with E-state index in [9.17, 15) is 0 Å². The van der Waals surface area contributed by atoms with E-state index in [-0.39, 0.29) is 5.92 Å². The van der Waals surface area contributed by atoms with Gasteiger partial charge in [0.05, 0.1) is 0 Å². The summed E-state index contributed by atoms with van der Waals surface area (Å²) in [5, 5.41) is 0.884. The summed E-state index contributed by atoms with van der Waals surface area (Å²) in [6.07, 6.45) is 1.05. The van der Waals surface area contributed by atoms with Crippen molar-refractivity contribution in [2.24, 2.45) is 0 Å². The molecule has 3 rings (SSSR count). The molecule has 1 aliphatic rings. The van der Waals surface area contributed by atoms with Gasteiger partial charge in [-0.15, -0.1) is 0 Å². The van der Waals surface area contributed by atoms with Crippen LogP contribution in [0.4, 0.5) is 5.69 Å². The maximum atomic E-state index is 6.28. The molecule has 2 heterocycles. The molecule has 0 spiro atoms. The largest absolute Gasteiger partial charge is 0.374 e. The first-order valence-corrected chi connectivity index (χ1v) is 7.80. The number of fused-ring (bicyclic) bond motifs is 1. The van der Waals surface area contributed by atoms with Gasteiger partial charge in [-0.1, -0.05) is 37.0 Å². The van der Waals surface area contributed by atoms with Crippen molar-refractivity contribution >= 4 is 28.9 Å². The van der Waals surface area contributed by atoms with Crippen molar-refractivity contribution in [2.45, 2.75) is 26.2 Å². The third-order valence-corrected chi connectivity index (χ3v) is 4.47. The van der Waals surface area contributed by atoms with Crippen LogP contribution >= 0.6 is 23.2 Å². The zero-order valence-electron chi connectivity index (χ0n) is 12.3. The van der Waals surface area contributed by atoms with Crippen molar-refractivity contribution in [3.8, 4) is 11.4 Å². The van der Waals surface area contributed by atoms with Gasteiger partial charge in [0.1, 0.15) is 10.3 Å². The summed E-state index contributed by atoms with van der Waals surface area (Å²) in [4.78, 5) is 11.1. The summed E-state index contributed by atoms with van der Waals surface area (Å²) in [5.74, 6) is 0.791. The molecule has 0 saturated carbocycles. The number of halogens is 2. The van der Waals surface area contributed by atoms with Gasteiger partial charge in [-0.3, -0.25) is 0 Å². The molecule has 1 aliphatic heterocycles. The Kier molecular flexibility index (Phi) is 3.80. The third-order valence-electron chi connectivity index (χ3n) is 3.90. The summed E-state index contributed by atoms with van der Waals surface area (Å²) in [6, 6.07) is 6.27. The SMILES string of the molecule is CC(C)c1c(Cl)nc(-c2ccc3c(c2)CCN3C)nc1Cl. The van der Waals surface area contributed by atoms with Gasteiger partial charge in [0.15, 0.2) is 5.82 Å². The highest BCUT2D eigenvalue weighted by Gasteiger charge is 2.19. The Hall–Kier alpha value is -1.32. The van der Waals surface area contributed by atoms with E-state index in [0.717, 1.165) is 24.1 Å². The number of hydrogen-bond acceptors (Lipinski definition) is 3. The van der Waals surface area contributed by atoms with E-state index >= 15 is 0 Å². The van der Waals surface area contributed by atoms with E-state index in [4.69, 9.17) is 23.2 Å². The quantitative estimate of drug-likeness (QED) is 0.759. The molecule has 1 aromatic heterocycles. The van der Waals surface area contributed by atoms with Crippen LogP contribution < -0.4 is 4.90 Å². The molecular weight excluding hydrogens is 305 g/mol. The van der Waals surface area contributed by atoms with E-state index in [0.29, 0.717) is 16.1 Å². The van der Waals surface area contributed by atoms with E-state index in [2.05, 4.69) is 34.0 Å². The lowest BCUT2D eigenvalue weighted by atomic mass is 10.1. The molecule has 3 nitrogen and oxygen atoms in total. The number of nitrogens with zero attached hydrogens (tertiary/aromatic N) is 3. The minimum atomic E-state index is 0.202. The highest BCUT2D eigenvalue weighted by Crippen LogP contribution is 2.33. The predicted molar refractivity (Wildman–Crippen MR) is 88.6 cm³/mol. The lowest BCUT2D eigenvalue weighted by Crippen LogP contribution is -2.12. The topological polar surface area (TPSA) is 29.0 Å². The zero-order valence-corrected chi connectivity index (χ0v) is 13.8. The van der Waals surface area contributed by atoms with Crippen LogP contribution in [0.1, 0.15) is 30.9 Å². The molecule has 0 fully saturated rings. The van der Waals surface area contributed by atoms with Gasteiger partial charge in [-0.2, -0.15) is 0 Å². The molecule has 21 heavy (non-hydrogen) atoms. The molecular formula is C16H17Cl2N3. The van der Waals surface area contributed by atoms with Crippen LogP contribution in [0, 0.1) is 0 Å². The molecule has 0 saturated heterocycles. The van der Waals surface area contributed by atoms with Crippen molar-refractivity contribution in [3.05, 3.63) is 39.6 Å². The number of aromatic nitrogens is 2. The summed E-state index contributed by atoms with van der Waals surface area (Å²) >= 11 is 12.6. The van der Waals surface area contributed by atoms with Gasteiger partial charge in [0.25, 0.3) is 0 Å². The Morgan fingerprint density at radius 3 is 2.43 bits per heavy atom. The summed E-state index contributed by atoms with van der Waals surface area (Å²) in [7, 11) is 2.10. The van der Waals surface area contributed by atoms with E-state index < -0.39 is 0 Å². The van der Waals surface area contributed by atoms with E-state index in [1.807, 2.05) is 19.9 Å². The van der Waals surface area contributed by atoms with Crippen molar-refractivity contribution in [1.29, 1.82) is 0 Å². The molecule has 0 atom stereocenters. The molecule has 2 aromatic rings. The van der Waals surface area contributed by atoms with E-state index in [1.165, 1.54) is 11.3 Å². The minimum absolute atomic E-state index is 0.202. The van der Waals surface area contributed by atoms with Gasteiger partial charge in [-0.05, 0) is 36.1 Å². The van der Waals surface area contributed by atoms with Gasteiger partial charge in [0, 0.05) is 30.4 Å². The van der Waals surface area contributed by atoms with Crippen LogP contribution in [-0.2, 0) is 6.42 Å². The fourth-order valence-electron chi connectivity index (χ4n) is 2.73. The van der Waals surface area contributed by atoms with Crippen molar-refractivity contribution in [2.75, 3.05) is 18.5 Å². The number of likely N-dealkylation sites (N-methyl/N-ethyl adjacent to an activating group) is 1. The van der Waals surface area contributed by atoms with Crippen LogP contribution in [0.15, 0.2) is 18.2 Å². The Morgan fingerprint density at radius 1 is 1.14 bits per heavy atom. The van der Waals surface area contributed by atoms with Gasteiger partial charge >= 0.3 is 0 Å².